The van der Waals surface area contributed by atoms with Gasteiger partial charge < -0.3 is 20.1 Å². The van der Waals surface area contributed by atoms with Gasteiger partial charge in [-0.2, -0.15) is 11.8 Å². The predicted molar refractivity (Wildman–Crippen MR) is 119 cm³/mol. The van der Waals surface area contributed by atoms with Crippen LogP contribution < -0.4 is 10.6 Å². The topological polar surface area (TPSA) is 87.4 Å². The van der Waals surface area contributed by atoms with E-state index in [2.05, 4.69) is 32.1 Å². The Morgan fingerprint density at radius 1 is 1.21 bits per heavy atom. The van der Waals surface area contributed by atoms with Crippen molar-refractivity contribution in [2.75, 3.05) is 32.6 Å². The first kappa shape index (κ1) is 22.7. The van der Waals surface area contributed by atoms with Crippen molar-refractivity contribution in [3.05, 3.63) is 47.0 Å². The monoisotopic (exact) mass is 417 g/mol. The van der Waals surface area contributed by atoms with Crippen LogP contribution in [-0.4, -0.2) is 64.2 Å². The molecule has 0 aliphatic heterocycles. The van der Waals surface area contributed by atoms with Gasteiger partial charge in [-0.25, -0.2) is 4.99 Å². The van der Waals surface area contributed by atoms with Gasteiger partial charge >= 0.3 is 0 Å². The second kappa shape index (κ2) is 11.5. The van der Waals surface area contributed by atoms with E-state index in [0.29, 0.717) is 18.7 Å². The third kappa shape index (κ3) is 7.08. The van der Waals surface area contributed by atoms with Gasteiger partial charge in [-0.05, 0) is 43.0 Å². The summed E-state index contributed by atoms with van der Waals surface area (Å²) in [4.78, 5) is 18.3. The zero-order chi connectivity index (χ0) is 21.2. The average Bonchev–Trinajstić information content (AvgIpc) is 3.04. The minimum atomic E-state index is -0.00293. The molecule has 2 N–H and O–H groups in total. The molecule has 0 radical (unpaired) electrons. The van der Waals surface area contributed by atoms with Crippen LogP contribution in [0.2, 0.25) is 0 Å². The number of benzene rings is 1. The lowest BCUT2D eigenvalue weighted by Gasteiger charge is -2.13. The number of nitrogens with zero attached hydrogens (tertiary/aromatic N) is 5. The molecule has 1 heterocycles. The molecule has 1 aromatic heterocycles. The SMILES string of the molecule is CSCCCNC(=NCc1ccc(C(=O)N(C)C)cc1)NCc1nnc(C)n1C. The molecule has 0 unspecified atom stereocenters. The highest BCUT2D eigenvalue weighted by Gasteiger charge is 2.08. The molecule has 0 fully saturated rings. The molecular weight excluding hydrogens is 386 g/mol. The number of aryl methyl sites for hydroxylation is 1. The van der Waals surface area contributed by atoms with Gasteiger partial charge in [0.15, 0.2) is 11.8 Å². The number of guanidine groups is 1. The van der Waals surface area contributed by atoms with Crippen LogP contribution in [0.25, 0.3) is 0 Å². The van der Waals surface area contributed by atoms with Gasteiger partial charge in [0.2, 0.25) is 0 Å². The molecule has 158 valence electrons. The Morgan fingerprint density at radius 3 is 2.52 bits per heavy atom. The van der Waals surface area contributed by atoms with Crippen LogP contribution in [0.15, 0.2) is 29.3 Å². The third-order valence-electron chi connectivity index (χ3n) is 4.44. The van der Waals surface area contributed by atoms with E-state index in [1.807, 2.05) is 54.6 Å². The van der Waals surface area contributed by atoms with Gasteiger partial charge in [0.1, 0.15) is 5.82 Å². The zero-order valence-corrected chi connectivity index (χ0v) is 18.7. The molecule has 0 saturated heterocycles. The summed E-state index contributed by atoms with van der Waals surface area (Å²) in [6.45, 7) is 3.84. The van der Waals surface area contributed by atoms with Crippen LogP contribution in [0.3, 0.4) is 0 Å². The molecule has 0 atom stereocenters. The van der Waals surface area contributed by atoms with Crippen LogP contribution in [0.4, 0.5) is 0 Å². The number of thioether (sulfide) groups is 1. The number of amides is 1. The van der Waals surface area contributed by atoms with Gasteiger partial charge in [-0.1, -0.05) is 12.1 Å². The van der Waals surface area contributed by atoms with Crippen LogP contribution in [-0.2, 0) is 20.1 Å². The number of carbonyl (C=O) groups excluding carboxylic acids is 1. The van der Waals surface area contributed by atoms with E-state index in [9.17, 15) is 4.79 Å². The van der Waals surface area contributed by atoms with Crippen LogP contribution >= 0.6 is 11.8 Å². The first-order valence-electron chi connectivity index (χ1n) is 9.59. The maximum absolute atomic E-state index is 12.0. The minimum absolute atomic E-state index is 0.00293. The molecule has 0 aliphatic rings. The molecular formula is C20H31N7OS. The van der Waals surface area contributed by atoms with Gasteiger partial charge in [-0.3, -0.25) is 4.79 Å². The van der Waals surface area contributed by atoms with Gasteiger partial charge in [0.25, 0.3) is 5.91 Å². The molecule has 8 nitrogen and oxygen atoms in total. The largest absolute Gasteiger partial charge is 0.356 e. The molecule has 1 amide bonds. The smallest absolute Gasteiger partial charge is 0.253 e. The quantitative estimate of drug-likeness (QED) is 0.368. The van der Waals surface area contributed by atoms with Crippen molar-refractivity contribution < 1.29 is 4.79 Å². The van der Waals surface area contributed by atoms with Crippen molar-refractivity contribution in [2.45, 2.75) is 26.4 Å². The highest BCUT2D eigenvalue weighted by Crippen LogP contribution is 2.07. The maximum atomic E-state index is 12.0. The Morgan fingerprint density at radius 2 is 1.93 bits per heavy atom. The molecule has 0 bridgehead atoms. The lowest BCUT2D eigenvalue weighted by atomic mass is 10.1. The molecule has 0 spiro atoms. The number of aliphatic imine (C=N–C) groups is 1. The van der Waals surface area contributed by atoms with Crippen molar-refractivity contribution in [1.29, 1.82) is 0 Å². The number of hydrogen-bond donors (Lipinski definition) is 2. The van der Waals surface area contributed by atoms with E-state index < -0.39 is 0 Å². The fraction of sp³-hybridized carbons (Fsp3) is 0.500. The summed E-state index contributed by atoms with van der Waals surface area (Å²) in [5.41, 5.74) is 1.72. The third-order valence-corrected chi connectivity index (χ3v) is 5.14. The Labute approximate surface area is 177 Å². The van der Waals surface area contributed by atoms with E-state index >= 15 is 0 Å². The summed E-state index contributed by atoms with van der Waals surface area (Å²) >= 11 is 1.83. The first-order chi connectivity index (χ1) is 13.9. The minimum Gasteiger partial charge on any atom is -0.356 e. The van der Waals surface area contributed by atoms with E-state index in [1.165, 1.54) is 0 Å². The molecule has 0 aliphatic carbocycles. The molecule has 1 aromatic carbocycles. The standard InChI is InChI=1S/C20H31N7OS/c1-15-24-25-18(27(15)4)14-23-20(21-11-6-12-29-5)22-13-16-7-9-17(10-8-16)19(28)26(2)3/h7-10H,6,11-14H2,1-5H3,(H2,21,22,23). The Kier molecular flexibility index (Phi) is 8.98. The molecule has 2 rings (SSSR count). The van der Waals surface area contributed by atoms with Crippen LogP contribution in [0, 0.1) is 6.92 Å². The summed E-state index contributed by atoms with van der Waals surface area (Å²) in [5, 5.41) is 15.0. The second-order valence-electron chi connectivity index (χ2n) is 6.91. The lowest BCUT2D eigenvalue weighted by molar-refractivity contribution is 0.0827. The highest BCUT2D eigenvalue weighted by atomic mass is 32.2. The molecule has 2 aromatic rings. The predicted octanol–water partition coefficient (Wildman–Crippen LogP) is 1.81. The van der Waals surface area contributed by atoms with E-state index in [0.717, 1.165) is 41.9 Å². The molecule has 29 heavy (non-hydrogen) atoms. The second-order valence-corrected chi connectivity index (χ2v) is 7.90. The lowest BCUT2D eigenvalue weighted by Crippen LogP contribution is -2.38. The van der Waals surface area contributed by atoms with E-state index in [4.69, 9.17) is 0 Å². The molecule has 0 saturated carbocycles. The summed E-state index contributed by atoms with van der Waals surface area (Å²) < 4.78 is 1.96. The normalized spacial score (nSPS) is 11.4. The first-order valence-corrected chi connectivity index (χ1v) is 11.0. The summed E-state index contributed by atoms with van der Waals surface area (Å²) in [5.74, 6) is 3.56. The Bertz CT molecular complexity index is 815. The number of carbonyl (C=O) groups is 1. The van der Waals surface area contributed by atoms with Crippen molar-refractivity contribution in [2.24, 2.45) is 12.0 Å². The number of nitrogens with one attached hydrogen (secondary N) is 2. The van der Waals surface area contributed by atoms with Crippen LogP contribution in [0.5, 0.6) is 0 Å². The van der Waals surface area contributed by atoms with Crippen molar-refractivity contribution in [3.8, 4) is 0 Å². The van der Waals surface area contributed by atoms with Crippen molar-refractivity contribution in [3.63, 3.8) is 0 Å². The fourth-order valence-corrected chi connectivity index (χ4v) is 2.98. The van der Waals surface area contributed by atoms with Gasteiger partial charge in [0, 0.05) is 33.3 Å². The number of hydrogen-bond acceptors (Lipinski definition) is 5. The van der Waals surface area contributed by atoms with Gasteiger partial charge in [0.05, 0.1) is 13.1 Å². The molecule has 9 heteroatoms. The number of aromatic nitrogens is 3. The van der Waals surface area contributed by atoms with Gasteiger partial charge in [-0.15, -0.1) is 10.2 Å². The highest BCUT2D eigenvalue weighted by molar-refractivity contribution is 7.98. The average molecular weight is 418 g/mol. The Hall–Kier alpha value is -2.55. The maximum Gasteiger partial charge on any atom is 0.253 e. The van der Waals surface area contributed by atoms with E-state index in [1.54, 1.807) is 19.0 Å². The van der Waals surface area contributed by atoms with Crippen molar-refractivity contribution in [1.82, 2.24) is 30.3 Å². The summed E-state index contributed by atoms with van der Waals surface area (Å²) in [6.07, 6.45) is 3.17. The summed E-state index contributed by atoms with van der Waals surface area (Å²) in [7, 11) is 5.45. The van der Waals surface area contributed by atoms with Crippen molar-refractivity contribution >= 4 is 23.6 Å². The Balaban J connectivity index is 2.01. The summed E-state index contributed by atoms with van der Waals surface area (Å²) in [6, 6.07) is 7.57. The fourth-order valence-electron chi connectivity index (χ4n) is 2.55. The van der Waals surface area contributed by atoms with E-state index in [-0.39, 0.29) is 5.91 Å². The zero-order valence-electron chi connectivity index (χ0n) is 17.9. The number of rotatable bonds is 9. The van der Waals surface area contributed by atoms with Crippen LogP contribution in [0.1, 0.15) is 34.0 Å².